The normalized spacial score (nSPS) is 15.3. The highest BCUT2D eigenvalue weighted by molar-refractivity contribution is 6.04. The van der Waals surface area contributed by atoms with E-state index in [-0.39, 0.29) is 17.7 Å². The van der Waals surface area contributed by atoms with Crippen LogP contribution >= 0.6 is 0 Å². The van der Waals surface area contributed by atoms with Crippen LogP contribution in [-0.2, 0) is 4.79 Å². The molecule has 1 aliphatic heterocycles. The van der Waals surface area contributed by atoms with E-state index >= 15 is 0 Å². The first kappa shape index (κ1) is 25.3. The number of nitrogens with one attached hydrogen (secondary N) is 1. The first-order chi connectivity index (χ1) is 18.4. The number of imidazole rings is 1. The lowest BCUT2D eigenvalue weighted by Gasteiger charge is -2.17. The van der Waals surface area contributed by atoms with Crippen LogP contribution in [0.25, 0.3) is 16.8 Å². The maximum atomic E-state index is 12.8. The van der Waals surface area contributed by atoms with Crippen molar-refractivity contribution in [2.75, 3.05) is 44.8 Å². The molecule has 1 aromatic carbocycles. The number of likely N-dealkylation sites (tertiary alicyclic amines) is 1. The zero-order valence-electron chi connectivity index (χ0n) is 21.7. The van der Waals surface area contributed by atoms with Gasteiger partial charge in [0, 0.05) is 55.1 Å². The highest BCUT2D eigenvalue weighted by Crippen LogP contribution is 2.34. The van der Waals surface area contributed by atoms with Gasteiger partial charge in [0.05, 0.1) is 0 Å². The van der Waals surface area contributed by atoms with Gasteiger partial charge in [0.25, 0.3) is 5.91 Å². The van der Waals surface area contributed by atoms with Crippen LogP contribution in [0.3, 0.4) is 0 Å². The Kier molecular flexibility index (Phi) is 7.32. The lowest BCUT2D eigenvalue weighted by molar-refractivity contribution is -0.130. The number of pyridine rings is 1. The van der Waals surface area contributed by atoms with E-state index in [1.165, 1.54) is 0 Å². The molecule has 0 aliphatic carbocycles. The third-order valence-electron chi connectivity index (χ3n) is 6.84. The highest BCUT2D eigenvalue weighted by Gasteiger charge is 2.31. The molecule has 3 N–H and O–H groups in total. The number of carbonyl (C=O) groups is 2. The van der Waals surface area contributed by atoms with Crippen LogP contribution in [0.1, 0.15) is 41.4 Å². The number of rotatable bonds is 8. The van der Waals surface area contributed by atoms with Crippen LogP contribution in [-0.4, -0.2) is 74.7 Å². The van der Waals surface area contributed by atoms with Gasteiger partial charge in [-0.15, -0.1) is 0 Å². The predicted octanol–water partition coefficient (Wildman–Crippen LogP) is 3.28. The van der Waals surface area contributed by atoms with E-state index in [9.17, 15) is 9.59 Å². The van der Waals surface area contributed by atoms with Gasteiger partial charge in [-0.25, -0.2) is 15.0 Å². The van der Waals surface area contributed by atoms with Crippen molar-refractivity contribution in [3.8, 4) is 11.3 Å². The van der Waals surface area contributed by atoms with E-state index in [0.29, 0.717) is 35.9 Å². The number of nitrogens with two attached hydrogens (primary N) is 1. The molecule has 1 atom stereocenters. The number of aromatic nitrogens is 4. The van der Waals surface area contributed by atoms with E-state index in [0.717, 1.165) is 42.8 Å². The molecule has 1 fully saturated rings. The summed E-state index contributed by atoms with van der Waals surface area (Å²) in [7, 11) is 4.03. The molecule has 0 spiro atoms. The molecule has 0 radical (unpaired) electrons. The first-order valence-electron chi connectivity index (χ1n) is 12.8. The molecular weight excluding hydrogens is 480 g/mol. The summed E-state index contributed by atoms with van der Waals surface area (Å²) in [5, 5.41) is 2.79. The van der Waals surface area contributed by atoms with Crippen molar-refractivity contribution >= 4 is 29.0 Å². The molecule has 38 heavy (non-hydrogen) atoms. The average molecular weight is 513 g/mol. The number of carbonyl (C=O) groups excluding carboxylic acids is 2. The van der Waals surface area contributed by atoms with Gasteiger partial charge in [-0.2, -0.15) is 0 Å². The summed E-state index contributed by atoms with van der Waals surface area (Å²) in [6.45, 7) is 2.25. The lowest BCUT2D eigenvalue weighted by Crippen LogP contribution is -2.29. The quantitative estimate of drug-likeness (QED) is 0.372. The van der Waals surface area contributed by atoms with Gasteiger partial charge in [0.15, 0.2) is 0 Å². The fourth-order valence-electron chi connectivity index (χ4n) is 4.88. The van der Waals surface area contributed by atoms with E-state index in [1.54, 1.807) is 36.7 Å². The number of hydrogen-bond acceptors (Lipinski definition) is 7. The maximum Gasteiger partial charge on any atom is 0.256 e. The van der Waals surface area contributed by atoms with Crippen LogP contribution in [0.4, 0.5) is 11.6 Å². The summed E-state index contributed by atoms with van der Waals surface area (Å²) in [5.41, 5.74) is 9.08. The summed E-state index contributed by atoms with van der Waals surface area (Å²) in [4.78, 5) is 42.9. The number of benzene rings is 1. The Morgan fingerprint density at radius 3 is 2.66 bits per heavy atom. The fraction of sp³-hybridized carbons (Fsp3) is 0.321. The zero-order chi connectivity index (χ0) is 26.6. The van der Waals surface area contributed by atoms with E-state index in [4.69, 9.17) is 10.7 Å². The van der Waals surface area contributed by atoms with Gasteiger partial charge >= 0.3 is 0 Å². The molecule has 5 rings (SSSR count). The SMILES string of the molecule is CN(C)CCCC(=O)N1CCC(c2nc(-c3ccc(C(=O)Nc4ccccn4)cc3)c3c(N)nccn23)C1. The Hall–Kier alpha value is -4.31. The van der Waals surface area contributed by atoms with E-state index < -0.39 is 0 Å². The van der Waals surface area contributed by atoms with Crippen molar-refractivity contribution < 1.29 is 9.59 Å². The Morgan fingerprint density at radius 2 is 1.92 bits per heavy atom. The van der Waals surface area contributed by atoms with Crippen LogP contribution < -0.4 is 11.1 Å². The number of amides is 2. The Morgan fingerprint density at radius 1 is 1.11 bits per heavy atom. The monoisotopic (exact) mass is 512 g/mol. The third kappa shape index (κ3) is 5.35. The Bertz CT molecular complexity index is 1430. The largest absolute Gasteiger partial charge is 0.382 e. The minimum Gasteiger partial charge on any atom is -0.382 e. The molecule has 2 amide bonds. The molecular formula is C28H32N8O2. The van der Waals surface area contributed by atoms with Crippen molar-refractivity contribution in [2.24, 2.45) is 0 Å². The molecule has 10 nitrogen and oxygen atoms in total. The molecule has 10 heteroatoms. The molecule has 3 aromatic heterocycles. The van der Waals surface area contributed by atoms with Crippen molar-refractivity contribution in [2.45, 2.75) is 25.2 Å². The standard InChI is InChI=1S/C28H32N8O2/c1-34(2)15-5-7-23(37)35-16-12-21(18-35)27-33-24(25-26(29)31-14-17-36(25)27)19-8-10-20(11-9-19)28(38)32-22-6-3-4-13-30-22/h3-4,6,8-11,13-14,17,21H,5,7,12,15-16,18H2,1-2H3,(H2,29,31)(H,30,32,38). The van der Waals surface area contributed by atoms with Crippen molar-refractivity contribution in [3.05, 3.63) is 72.4 Å². The lowest BCUT2D eigenvalue weighted by atomic mass is 10.1. The number of fused-ring (bicyclic) bond motifs is 1. The fourth-order valence-corrected chi connectivity index (χ4v) is 4.88. The van der Waals surface area contributed by atoms with Crippen molar-refractivity contribution in [1.82, 2.24) is 29.2 Å². The van der Waals surface area contributed by atoms with Gasteiger partial charge in [0.2, 0.25) is 5.91 Å². The topological polar surface area (TPSA) is 122 Å². The summed E-state index contributed by atoms with van der Waals surface area (Å²) in [6, 6.07) is 12.6. The third-order valence-corrected chi connectivity index (χ3v) is 6.84. The van der Waals surface area contributed by atoms with E-state index in [1.807, 2.05) is 47.8 Å². The zero-order valence-corrected chi connectivity index (χ0v) is 21.7. The smallest absolute Gasteiger partial charge is 0.256 e. The summed E-state index contributed by atoms with van der Waals surface area (Å²) in [6.07, 6.45) is 7.41. The van der Waals surface area contributed by atoms with Gasteiger partial charge in [-0.05, 0) is 57.7 Å². The Balaban J connectivity index is 1.37. The van der Waals surface area contributed by atoms with Gasteiger partial charge < -0.3 is 20.9 Å². The van der Waals surface area contributed by atoms with Crippen LogP contribution in [0.15, 0.2) is 61.1 Å². The summed E-state index contributed by atoms with van der Waals surface area (Å²) >= 11 is 0. The Labute approximate surface area is 221 Å². The molecule has 1 unspecified atom stereocenters. The van der Waals surface area contributed by atoms with E-state index in [2.05, 4.69) is 20.2 Å². The molecule has 1 aliphatic rings. The second kappa shape index (κ2) is 11.0. The maximum absolute atomic E-state index is 12.8. The highest BCUT2D eigenvalue weighted by atomic mass is 16.2. The first-order valence-corrected chi connectivity index (χ1v) is 12.8. The number of nitrogens with zero attached hydrogens (tertiary/aromatic N) is 6. The minimum atomic E-state index is -0.242. The number of nitrogen functional groups attached to an aromatic ring is 1. The van der Waals surface area contributed by atoms with Gasteiger partial charge in [-0.1, -0.05) is 18.2 Å². The predicted molar refractivity (Wildman–Crippen MR) is 147 cm³/mol. The molecule has 196 valence electrons. The van der Waals surface area contributed by atoms with Crippen LogP contribution in [0.2, 0.25) is 0 Å². The van der Waals surface area contributed by atoms with Gasteiger partial charge in [0.1, 0.15) is 28.7 Å². The molecule has 0 bridgehead atoms. The number of anilines is 2. The second-order valence-corrected chi connectivity index (χ2v) is 9.83. The second-order valence-electron chi connectivity index (χ2n) is 9.83. The minimum absolute atomic E-state index is 0.0965. The van der Waals surface area contributed by atoms with Crippen molar-refractivity contribution in [3.63, 3.8) is 0 Å². The summed E-state index contributed by atoms with van der Waals surface area (Å²) in [5.74, 6) is 1.79. The molecule has 4 aromatic rings. The molecule has 1 saturated heterocycles. The average Bonchev–Trinajstić information content (AvgIpc) is 3.55. The number of hydrogen-bond donors (Lipinski definition) is 2. The van der Waals surface area contributed by atoms with Crippen LogP contribution in [0, 0.1) is 0 Å². The van der Waals surface area contributed by atoms with Crippen molar-refractivity contribution in [1.29, 1.82) is 0 Å². The molecule has 0 saturated carbocycles. The molecule has 4 heterocycles. The summed E-state index contributed by atoms with van der Waals surface area (Å²) < 4.78 is 1.99. The van der Waals surface area contributed by atoms with Crippen LogP contribution in [0.5, 0.6) is 0 Å². The van der Waals surface area contributed by atoms with Gasteiger partial charge in [-0.3, -0.25) is 14.0 Å².